The van der Waals surface area contributed by atoms with Crippen LogP contribution in [-0.2, 0) is 17.8 Å². The minimum absolute atomic E-state index is 0.0365. The van der Waals surface area contributed by atoms with Gasteiger partial charge in [0, 0.05) is 25.3 Å². The molecule has 1 fully saturated rings. The Labute approximate surface area is 139 Å². The molecule has 0 unspecified atom stereocenters. The Balaban J connectivity index is 1.69. The zero-order chi connectivity index (χ0) is 16.9. The number of anilines is 1. The van der Waals surface area contributed by atoms with E-state index in [9.17, 15) is 14.0 Å². The highest BCUT2D eigenvalue weighted by molar-refractivity contribution is 5.93. The van der Waals surface area contributed by atoms with Crippen LogP contribution in [0.1, 0.15) is 11.1 Å². The van der Waals surface area contributed by atoms with Gasteiger partial charge in [-0.05, 0) is 23.3 Å². The smallest absolute Gasteiger partial charge is 0.317 e. The molecule has 0 aromatic heterocycles. The number of amides is 3. The van der Waals surface area contributed by atoms with Gasteiger partial charge in [-0.15, -0.1) is 0 Å². The van der Waals surface area contributed by atoms with Crippen LogP contribution in [0.4, 0.5) is 14.9 Å². The molecule has 124 valence electrons. The van der Waals surface area contributed by atoms with Crippen LogP contribution in [0.25, 0.3) is 0 Å². The number of para-hydroxylation sites is 1. The van der Waals surface area contributed by atoms with Crippen molar-refractivity contribution in [1.29, 1.82) is 0 Å². The predicted octanol–water partition coefficient (Wildman–Crippen LogP) is 2.53. The number of halogens is 1. The normalized spacial score (nSPS) is 13.7. The van der Waals surface area contributed by atoms with Crippen LogP contribution in [0.3, 0.4) is 0 Å². The maximum atomic E-state index is 13.7. The van der Waals surface area contributed by atoms with E-state index in [1.54, 1.807) is 29.2 Å². The van der Waals surface area contributed by atoms with Crippen LogP contribution in [0, 0.1) is 5.82 Å². The summed E-state index contributed by atoms with van der Waals surface area (Å²) in [6.45, 7) is 1.68. The number of hydrogen-bond donors (Lipinski definition) is 2. The summed E-state index contributed by atoms with van der Waals surface area (Å²) in [6.07, 6.45) is -0.0365. The number of nitrogens with one attached hydrogen (secondary N) is 2. The summed E-state index contributed by atoms with van der Waals surface area (Å²) in [6, 6.07) is 13.4. The first-order chi connectivity index (χ1) is 11.6. The van der Waals surface area contributed by atoms with Gasteiger partial charge in [0.1, 0.15) is 5.82 Å². The number of hydrogen-bond acceptors (Lipinski definition) is 2. The summed E-state index contributed by atoms with van der Waals surface area (Å²) in [5.41, 5.74) is 1.83. The highest BCUT2D eigenvalue weighted by Gasteiger charge is 2.20. The van der Waals surface area contributed by atoms with Crippen LogP contribution in [0.5, 0.6) is 0 Å². The lowest BCUT2D eigenvalue weighted by atomic mass is 10.1. The maximum absolute atomic E-state index is 13.7. The maximum Gasteiger partial charge on any atom is 0.317 e. The second-order valence-corrected chi connectivity index (χ2v) is 5.63. The third-order valence-electron chi connectivity index (χ3n) is 3.91. The summed E-state index contributed by atoms with van der Waals surface area (Å²) >= 11 is 0. The molecule has 0 atom stereocenters. The number of carbonyl (C=O) groups excluding carboxylic acids is 2. The van der Waals surface area contributed by atoms with E-state index in [0.29, 0.717) is 30.9 Å². The number of carbonyl (C=O) groups is 2. The van der Waals surface area contributed by atoms with Crippen molar-refractivity contribution in [2.45, 2.75) is 13.0 Å². The molecule has 1 aliphatic rings. The molecular formula is C18H18FN3O2. The molecule has 3 amide bonds. The number of nitrogens with zero attached hydrogens (tertiary/aromatic N) is 1. The molecule has 0 radical (unpaired) electrons. The molecule has 2 N–H and O–H groups in total. The van der Waals surface area contributed by atoms with Crippen molar-refractivity contribution in [3.63, 3.8) is 0 Å². The molecule has 1 aliphatic heterocycles. The average molecular weight is 327 g/mol. The van der Waals surface area contributed by atoms with E-state index < -0.39 is 5.82 Å². The zero-order valence-corrected chi connectivity index (χ0v) is 13.1. The van der Waals surface area contributed by atoms with Crippen LogP contribution in [0.15, 0.2) is 48.5 Å². The molecule has 2 aromatic carbocycles. The fourth-order valence-electron chi connectivity index (χ4n) is 2.66. The average Bonchev–Trinajstić information content (AvgIpc) is 2.96. The molecular weight excluding hydrogens is 309 g/mol. The van der Waals surface area contributed by atoms with Gasteiger partial charge in [0.05, 0.1) is 6.42 Å². The molecule has 3 rings (SSSR count). The topological polar surface area (TPSA) is 61.4 Å². The van der Waals surface area contributed by atoms with Gasteiger partial charge >= 0.3 is 6.03 Å². The van der Waals surface area contributed by atoms with Gasteiger partial charge in [0.25, 0.3) is 0 Å². The molecule has 0 saturated carbocycles. The second kappa shape index (κ2) is 7.12. The first kappa shape index (κ1) is 16.0. The fraction of sp³-hybridized carbons (Fsp3) is 0.222. The lowest BCUT2D eigenvalue weighted by molar-refractivity contribution is -0.115. The Hall–Kier alpha value is -2.89. The van der Waals surface area contributed by atoms with Crippen molar-refractivity contribution < 1.29 is 14.0 Å². The first-order valence-corrected chi connectivity index (χ1v) is 7.77. The van der Waals surface area contributed by atoms with Gasteiger partial charge in [-0.1, -0.05) is 36.4 Å². The van der Waals surface area contributed by atoms with Crippen LogP contribution in [-0.4, -0.2) is 29.9 Å². The van der Waals surface area contributed by atoms with E-state index in [1.165, 1.54) is 6.07 Å². The molecule has 0 spiro atoms. The minimum Gasteiger partial charge on any atom is -0.336 e. The molecule has 24 heavy (non-hydrogen) atoms. The van der Waals surface area contributed by atoms with Gasteiger partial charge in [0.15, 0.2) is 0 Å². The quantitative estimate of drug-likeness (QED) is 0.886. The zero-order valence-electron chi connectivity index (χ0n) is 13.1. The first-order valence-electron chi connectivity index (χ1n) is 7.77. The summed E-state index contributed by atoms with van der Waals surface area (Å²) in [5.74, 6) is -0.687. The van der Waals surface area contributed by atoms with Gasteiger partial charge < -0.3 is 15.5 Å². The van der Waals surface area contributed by atoms with E-state index in [2.05, 4.69) is 10.6 Å². The SMILES string of the molecule is O=C(Cc1ccccc1F)Nc1ccccc1CN1CCNC1=O. The lowest BCUT2D eigenvalue weighted by Gasteiger charge is -2.17. The molecule has 0 aliphatic carbocycles. The highest BCUT2D eigenvalue weighted by atomic mass is 19.1. The summed E-state index contributed by atoms with van der Waals surface area (Å²) in [7, 11) is 0. The van der Waals surface area contributed by atoms with Gasteiger partial charge in [0.2, 0.25) is 5.91 Å². The predicted molar refractivity (Wildman–Crippen MR) is 89.0 cm³/mol. The van der Waals surface area contributed by atoms with Crippen molar-refractivity contribution in [1.82, 2.24) is 10.2 Å². The minimum atomic E-state index is -0.394. The molecule has 1 heterocycles. The third-order valence-corrected chi connectivity index (χ3v) is 3.91. The Morgan fingerprint density at radius 1 is 1.12 bits per heavy atom. The van der Waals surface area contributed by atoms with E-state index in [0.717, 1.165) is 5.56 Å². The Bertz CT molecular complexity index is 763. The molecule has 2 aromatic rings. The van der Waals surface area contributed by atoms with Crippen molar-refractivity contribution in [3.05, 3.63) is 65.5 Å². The van der Waals surface area contributed by atoms with Crippen molar-refractivity contribution >= 4 is 17.6 Å². The summed E-state index contributed by atoms with van der Waals surface area (Å²) < 4.78 is 13.7. The second-order valence-electron chi connectivity index (χ2n) is 5.63. The lowest BCUT2D eigenvalue weighted by Crippen LogP contribution is -2.28. The Morgan fingerprint density at radius 3 is 2.54 bits per heavy atom. The number of benzene rings is 2. The molecule has 1 saturated heterocycles. The Morgan fingerprint density at radius 2 is 1.83 bits per heavy atom. The van der Waals surface area contributed by atoms with E-state index in [4.69, 9.17) is 0 Å². The molecule has 6 heteroatoms. The standard InChI is InChI=1S/C18H18FN3O2/c19-15-7-3-1-5-13(15)11-17(23)21-16-8-4-2-6-14(16)12-22-10-9-20-18(22)24/h1-8H,9-12H2,(H,20,24)(H,21,23). The third kappa shape index (κ3) is 3.71. The molecule has 0 bridgehead atoms. The summed E-state index contributed by atoms with van der Waals surface area (Å²) in [5, 5.41) is 5.56. The van der Waals surface area contributed by atoms with Crippen LogP contribution in [0.2, 0.25) is 0 Å². The highest BCUT2D eigenvalue weighted by Crippen LogP contribution is 2.19. The number of urea groups is 1. The van der Waals surface area contributed by atoms with Crippen molar-refractivity contribution in [3.8, 4) is 0 Å². The Kier molecular flexibility index (Phi) is 4.74. The number of rotatable bonds is 5. The van der Waals surface area contributed by atoms with Gasteiger partial charge in [-0.25, -0.2) is 9.18 Å². The molecule has 5 nitrogen and oxygen atoms in total. The van der Waals surface area contributed by atoms with Crippen LogP contribution < -0.4 is 10.6 Å². The van der Waals surface area contributed by atoms with Crippen molar-refractivity contribution in [2.75, 3.05) is 18.4 Å². The summed E-state index contributed by atoms with van der Waals surface area (Å²) in [4.78, 5) is 25.6. The fourth-order valence-corrected chi connectivity index (χ4v) is 2.66. The monoisotopic (exact) mass is 327 g/mol. The van der Waals surface area contributed by atoms with Crippen molar-refractivity contribution in [2.24, 2.45) is 0 Å². The van der Waals surface area contributed by atoms with E-state index in [1.807, 2.05) is 18.2 Å². The van der Waals surface area contributed by atoms with Crippen LogP contribution >= 0.6 is 0 Å². The van der Waals surface area contributed by atoms with E-state index >= 15 is 0 Å². The van der Waals surface area contributed by atoms with Gasteiger partial charge in [-0.3, -0.25) is 4.79 Å². The van der Waals surface area contributed by atoms with Gasteiger partial charge in [-0.2, -0.15) is 0 Å². The van der Waals surface area contributed by atoms with E-state index in [-0.39, 0.29) is 18.4 Å². The largest absolute Gasteiger partial charge is 0.336 e.